The maximum atomic E-state index is 4.93. The Balaban J connectivity index is 1.39. The maximum Gasteiger partial charge on any atom is 0.225 e. The van der Waals surface area contributed by atoms with Crippen LogP contribution in [0.3, 0.4) is 0 Å². The fourth-order valence-corrected chi connectivity index (χ4v) is 4.84. The van der Waals surface area contributed by atoms with Gasteiger partial charge in [0.1, 0.15) is 0 Å². The van der Waals surface area contributed by atoms with Gasteiger partial charge < -0.3 is 4.90 Å². The normalized spacial score (nSPS) is 20.0. The lowest BCUT2D eigenvalue weighted by atomic mass is 9.91. The highest BCUT2D eigenvalue weighted by atomic mass is 15.3. The highest BCUT2D eigenvalue weighted by Gasteiger charge is 2.27. The molecule has 1 atom stereocenters. The highest BCUT2D eigenvalue weighted by molar-refractivity contribution is 5.63. The molecular formula is C24H30N6. The molecule has 4 heterocycles. The minimum atomic E-state index is 0.434. The van der Waals surface area contributed by atoms with E-state index in [1.165, 1.54) is 36.9 Å². The Hall–Kier alpha value is -2.73. The summed E-state index contributed by atoms with van der Waals surface area (Å²) in [6.07, 6.45) is 8.86. The molecule has 0 amide bonds. The lowest BCUT2D eigenvalue weighted by Crippen LogP contribution is -2.34. The van der Waals surface area contributed by atoms with Crippen molar-refractivity contribution in [1.82, 2.24) is 24.6 Å². The molecule has 2 fully saturated rings. The first-order chi connectivity index (χ1) is 14.8. The Morgan fingerprint density at radius 2 is 1.83 bits per heavy atom. The number of hydrogen-bond donors (Lipinski definition) is 0. The number of aromatic nitrogens is 4. The van der Waals surface area contributed by atoms with Crippen LogP contribution in [-0.4, -0.2) is 50.8 Å². The van der Waals surface area contributed by atoms with E-state index in [0.29, 0.717) is 5.92 Å². The molecule has 1 aromatic carbocycles. The molecule has 2 aliphatic heterocycles. The van der Waals surface area contributed by atoms with Crippen LogP contribution in [0.5, 0.6) is 0 Å². The van der Waals surface area contributed by atoms with Crippen molar-refractivity contribution in [1.29, 1.82) is 0 Å². The molecule has 2 aliphatic rings. The second-order valence-electron chi connectivity index (χ2n) is 8.60. The van der Waals surface area contributed by atoms with Crippen LogP contribution in [-0.2, 0) is 13.6 Å². The number of nitrogens with zero attached hydrogens (tertiary/aromatic N) is 6. The van der Waals surface area contributed by atoms with Crippen molar-refractivity contribution in [2.24, 2.45) is 7.05 Å². The zero-order valence-electron chi connectivity index (χ0n) is 17.7. The Labute approximate surface area is 178 Å². The molecule has 0 radical (unpaired) electrons. The minimum absolute atomic E-state index is 0.434. The van der Waals surface area contributed by atoms with Gasteiger partial charge >= 0.3 is 0 Å². The van der Waals surface area contributed by atoms with Gasteiger partial charge in [-0.3, -0.25) is 9.58 Å². The lowest BCUT2D eigenvalue weighted by molar-refractivity contribution is 0.198. The molecule has 0 bridgehead atoms. The Morgan fingerprint density at radius 3 is 2.67 bits per heavy atom. The molecule has 0 unspecified atom stereocenters. The van der Waals surface area contributed by atoms with E-state index < -0.39 is 0 Å². The van der Waals surface area contributed by atoms with Crippen LogP contribution in [0.15, 0.2) is 48.8 Å². The van der Waals surface area contributed by atoms with Gasteiger partial charge in [0.2, 0.25) is 5.95 Å². The van der Waals surface area contributed by atoms with Crippen molar-refractivity contribution in [2.45, 2.75) is 38.1 Å². The molecule has 6 nitrogen and oxygen atoms in total. The van der Waals surface area contributed by atoms with Gasteiger partial charge in [-0.25, -0.2) is 9.97 Å². The van der Waals surface area contributed by atoms with Gasteiger partial charge in [-0.1, -0.05) is 30.3 Å². The maximum absolute atomic E-state index is 4.93. The van der Waals surface area contributed by atoms with Crippen molar-refractivity contribution >= 4 is 5.95 Å². The van der Waals surface area contributed by atoms with E-state index in [1.54, 1.807) is 0 Å². The van der Waals surface area contributed by atoms with Gasteiger partial charge in [0, 0.05) is 57.1 Å². The van der Waals surface area contributed by atoms with Crippen LogP contribution in [0.1, 0.15) is 42.9 Å². The molecule has 0 saturated carbocycles. The highest BCUT2D eigenvalue weighted by Crippen LogP contribution is 2.33. The average molecular weight is 403 g/mol. The summed E-state index contributed by atoms with van der Waals surface area (Å²) in [7, 11) is 2.01. The summed E-state index contributed by atoms with van der Waals surface area (Å²) in [6.45, 7) is 5.32. The SMILES string of the molecule is Cn1cc(-c2ccnc(N3CCCC3)n2)c([C@H]2CCCN(Cc3ccccc3)C2)n1. The minimum Gasteiger partial charge on any atom is -0.341 e. The van der Waals surface area contributed by atoms with Gasteiger partial charge in [0.15, 0.2) is 0 Å². The van der Waals surface area contributed by atoms with Crippen LogP contribution >= 0.6 is 0 Å². The molecule has 30 heavy (non-hydrogen) atoms. The Kier molecular flexibility index (Phi) is 5.49. The summed E-state index contributed by atoms with van der Waals surface area (Å²) in [5.41, 5.74) is 4.72. The van der Waals surface area contributed by atoms with Gasteiger partial charge in [-0.05, 0) is 43.9 Å². The van der Waals surface area contributed by atoms with Crippen molar-refractivity contribution < 1.29 is 0 Å². The Morgan fingerprint density at radius 1 is 1.00 bits per heavy atom. The van der Waals surface area contributed by atoms with Crippen LogP contribution in [0.4, 0.5) is 5.95 Å². The zero-order valence-corrected chi connectivity index (χ0v) is 17.7. The fourth-order valence-electron chi connectivity index (χ4n) is 4.84. The van der Waals surface area contributed by atoms with Crippen LogP contribution in [0.2, 0.25) is 0 Å². The van der Waals surface area contributed by atoms with Crippen molar-refractivity contribution in [3.8, 4) is 11.3 Å². The summed E-state index contributed by atoms with van der Waals surface area (Å²) in [6, 6.07) is 12.8. The molecule has 156 valence electrons. The van der Waals surface area contributed by atoms with Crippen molar-refractivity contribution in [3.05, 3.63) is 60.0 Å². The van der Waals surface area contributed by atoms with E-state index in [4.69, 9.17) is 10.1 Å². The largest absolute Gasteiger partial charge is 0.341 e. The van der Waals surface area contributed by atoms with Crippen LogP contribution in [0.25, 0.3) is 11.3 Å². The van der Waals surface area contributed by atoms with Crippen molar-refractivity contribution in [3.63, 3.8) is 0 Å². The average Bonchev–Trinajstić information content (AvgIpc) is 3.45. The number of likely N-dealkylation sites (tertiary alicyclic amines) is 1. The van der Waals surface area contributed by atoms with E-state index in [0.717, 1.165) is 49.9 Å². The molecule has 0 N–H and O–H groups in total. The van der Waals surface area contributed by atoms with E-state index in [9.17, 15) is 0 Å². The second-order valence-corrected chi connectivity index (χ2v) is 8.60. The van der Waals surface area contributed by atoms with E-state index in [1.807, 2.05) is 24.0 Å². The van der Waals surface area contributed by atoms with E-state index in [2.05, 4.69) is 51.3 Å². The summed E-state index contributed by atoms with van der Waals surface area (Å²) < 4.78 is 1.94. The summed E-state index contributed by atoms with van der Waals surface area (Å²) in [4.78, 5) is 14.3. The van der Waals surface area contributed by atoms with E-state index in [-0.39, 0.29) is 0 Å². The summed E-state index contributed by atoms with van der Waals surface area (Å²) in [5, 5.41) is 4.90. The molecule has 5 rings (SSSR count). The monoisotopic (exact) mass is 402 g/mol. The molecule has 2 saturated heterocycles. The molecule has 3 aromatic rings. The van der Waals surface area contributed by atoms with Gasteiger partial charge in [0.05, 0.1) is 11.4 Å². The predicted molar refractivity (Wildman–Crippen MR) is 119 cm³/mol. The predicted octanol–water partition coefficient (Wildman–Crippen LogP) is 3.86. The first kappa shape index (κ1) is 19.2. The molecule has 0 aliphatic carbocycles. The number of rotatable bonds is 5. The third-order valence-corrected chi connectivity index (χ3v) is 6.31. The summed E-state index contributed by atoms with van der Waals surface area (Å²) >= 11 is 0. The third-order valence-electron chi connectivity index (χ3n) is 6.31. The third kappa shape index (κ3) is 4.10. The molecule has 6 heteroatoms. The standard InChI is InChI=1S/C24H30N6/c1-28-18-21(22-11-12-25-24(26-22)30-14-5-6-15-30)23(27-28)20-10-7-13-29(17-20)16-19-8-3-2-4-9-19/h2-4,8-9,11-12,18,20H,5-7,10,13-17H2,1H3/t20-/m0/s1. The van der Waals surface area contributed by atoms with Crippen molar-refractivity contribution in [2.75, 3.05) is 31.1 Å². The second kappa shape index (κ2) is 8.56. The zero-order chi connectivity index (χ0) is 20.3. The quantitative estimate of drug-likeness (QED) is 0.649. The molecule has 0 spiro atoms. The number of aryl methyl sites for hydroxylation is 1. The lowest BCUT2D eigenvalue weighted by Gasteiger charge is -2.32. The van der Waals surface area contributed by atoms with Gasteiger partial charge in [-0.2, -0.15) is 5.10 Å². The van der Waals surface area contributed by atoms with Gasteiger partial charge in [0.25, 0.3) is 0 Å². The summed E-state index contributed by atoms with van der Waals surface area (Å²) in [5.74, 6) is 1.29. The smallest absolute Gasteiger partial charge is 0.225 e. The van der Waals surface area contributed by atoms with E-state index >= 15 is 0 Å². The van der Waals surface area contributed by atoms with Crippen LogP contribution < -0.4 is 4.90 Å². The number of hydrogen-bond acceptors (Lipinski definition) is 5. The molecular weight excluding hydrogens is 372 g/mol. The van der Waals surface area contributed by atoms with Crippen LogP contribution in [0, 0.1) is 0 Å². The van der Waals surface area contributed by atoms with Gasteiger partial charge in [-0.15, -0.1) is 0 Å². The number of benzene rings is 1. The topological polar surface area (TPSA) is 50.1 Å². The number of anilines is 1. The molecule has 2 aromatic heterocycles. The first-order valence-corrected chi connectivity index (χ1v) is 11.1. The fraction of sp³-hybridized carbons (Fsp3) is 0.458. The first-order valence-electron chi connectivity index (χ1n) is 11.1. The number of piperidine rings is 1. The Bertz CT molecular complexity index is 976.